The molecule has 130 valence electrons. The lowest BCUT2D eigenvalue weighted by atomic mass is 10.2. The lowest BCUT2D eigenvalue weighted by Gasteiger charge is -2.05. The minimum Gasteiger partial charge on any atom is -0.507 e. The van der Waals surface area contributed by atoms with Crippen molar-refractivity contribution < 1.29 is 14.7 Å². The van der Waals surface area contributed by atoms with Gasteiger partial charge in [0.25, 0.3) is 0 Å². The number of hydrogen-bond acceptors (Lipinski definition) is 4. The highest BCUT2D eigenvalue weighted by Crippen LogP contribution is 2.19. The van der Waals surface area contributed by atoms with E-state index in [1.54, 1.807) is 18.2 Å². The summed E-state index contributed by atoms with van der Waals surface area (Å²) in [4.78, 5) is 23.5. The Morgan fingerprint density at radius 2 is 1.80 bits per heavy atom. The molecule has 0 fully saturated rings. The normalized spacial score (nSPS) is 10.6. The van der Waals surface area contributed by atoms with E-state index in [2.05, 4.69) is 15.8 Å². The van der Waals surface area contributed by atoms with Crippen molar-refractivity contribution in [3.8, 4) is 5.75 Å². The van der Waals surface area contributed by atoms with Gasteiger partial charge in [0.1, 0.15) is 5.75 Å². The number of nitrogens with one attached hydrogen (secondary N) is 2. The van der Waals surface area contributed by atoms with Gasteiger partial charge in [0.05, 0.1) is 6.21 Å². The van der Waals surface area contributed by atoms with Crippen LogP contribution in [0.25, 0.3) is 0 Å². The average Bonchev–Trinajstić information content (AvgIpc) is 2.58. The van der Waals surface area contributed by atoms with E-state index in [4.69, 9.17) is 11.6 Å². The highest BCUT2D eigenvalue weighted by molar-refractivity contribution is 6.30. The van der Waals surface area contributed by atoms with Crippen LogP contribution in [0.3, 0.4) is 0 Å². The molecule has 0 aliphatic heterocycles. The molecule has 0 aromatic heterocycles. The molecule has 2 amide bonds. The van der Waals surface area contributed by atoms with Crippen molar-refractivity contribution >= 4 is 35.3 Å². The van der Waals surface area contributed by atoms with E-state index in [9.17, 15) is 14.7 Å². The number of rotatable bonds is 6. The first-order valence-electron chi connectivity index (χ1n) is 7.61. The summed E-state index contributed by atoms with van der Waals surface area (Å²) >= 11 is 5.81. The van der Waals surface area contributed by atoms with Crippen LogP contribution < -0.4 is 10.7 Å². The summed E-state index contributed by atoms with van der Waals surface area (Å²) in [5.74, 6) is -0.660. The predicted octanol–water partition coefficient (Wildman–Crippen LogP) is 3.22. The minimum atomic E-state index is -0.406. The molecule has 0 unspecified atom stereocenters. The van der Waals surface area contributed by atoms with Gasteiger partial charge in [-0.1, -0.05) is 29.3 Å². The topological polar surface area (TPSA) is 90.8 Å². The summed E-state index contributed by atoms with van der Waals surface area (Å²) in [7, 11) is 0. The van der Waals surface area contributed by atoms with Gasteiger partial charge in [-0.2, -0.15) is 5.10 Å². The van der Waals surface area contributed by atoms with E-state index in [0.717, 1.165) is 5.56 Å². The monoisotopic (exact) mass is 359 g/mol. The lowest BCUT2D eigenvalue weighted by Crippen LogP contribution is -2.20. The van der Waals surface area contributed by atoms with Crippen LogP contribution >= 0.6 is 11.6 Å². The Morgan fingerprint density at radius 3 is 2.52 bits per heavy atom. The largest absolute Gasteiger partial charge is 0.507 e. The molecule has 0 atom stereocenters. The van der Waals surface area contributed by atoms with Gasteiger partial charge in [-0.05, 0) is 37.3 Å². The average molecular weight is 360 g/mol. The number of phenols is 1. The van der Waals surface area contributed by atoms with Crippen molar-refractivity contribution in [3.63, 3.8) is 0 Å². The smallest absolute Gasteiger partial charge is 0.240 e. The van der Waals surface area contributed by atoms with Crippen LogP contribution in [-0.4, -0.2) is 23.1 Å². The fraction of sp³-hybridized carbons (Fsp3) is 0.167. The van der Waals surface area contributed by atoms with E-state index in [1.807, 2.05) is 19.1 Å². The van der Waals surface area contributed by atoms with E-state index < -0.39 is 5.91 Å². The zero-order valence-corrected chi connectivity index (χ0v) is 14.4. The Balaban J connectivity index is 1.76. The standard InChI is InChI=1S/C18H18ClN3O3/c1-12-2-5-15(6-3-12)21-17(24)8-9-18(25)22-20-11-13-10-14(19)4-7-16(13)23/h2-7,10-11,23H,8-9H2,1H3,(H,21,24)(H,22,25)/b20-11+. The van der Waals surface area contributed by atoms with Crippen LogP contribution in [0.2, 0.25) is 5.02 Å². The van der Waals surface area contributed by atoms with E-state index in [-0.39, 0.29) is 24.5 Å². The molecule has 0 heterocycles. The summed E-state index contributed by atoms with van der Waals surface area (Å²) in [6.07, 6.45) is 1.32. The first-order chi connectivity index (χ1) is 11.9. The fourth-order valence-corrected chi connectivity index (χ4v) is 2.13. The number of aromatic hydroxyl groups is 1. The molecule has 0 saturated carbocycles. The molecule has 7 heteroatoms. The predicted molar refractivity (Wildman–Crippen MR) is 97.9 cm³/mol. The van der Waals surface area contributed by atoms with Gasteiger partial charge >= 0.3 is 0 Å². The number of nitrogens with zero attached hydrogens (tertiary/aromatic N) is 1. The van der Waals surface area contributed by atoms with Gasteiger partial charge in [-0.3, -0.25) is 9.59 Å². The molecule has 0 bridgehead atoms. The Labute approximate surface area is 150 Å². The van der Waals surface area contributed by atoms with Gasteiger partial charge in [0, 0.05) is 29.1 Å². The van der Waals surface area contributed by atoms with Crippen molar-refractivity contribution in [1.82, 2.24) is 5.43 Å². The number of benzene rings is 2. The van der Waals surface area contributed by atoms with Crippen molar-refractivity contribution in [2.75, 3.05) is 5.32 Å². The van der Waals surface area contributed by atoms with E-state index in [0.29, 0.717) is 16.3 Å². The highest BCUT2D eigenvalue weighted by atomic mass is 35.5. The SMILES string of the molecule is Cc1ccc(NC(=O)CCC(=O)N/N=C/c2cc(Cl)ccc2O)cc1. The maximum absolute atomic E-state index is 11.8. The highest BCUT2D eigenvalue weighted by Gasteiger charge is 2.07. The van der Waals surface area contributed by atoms with E-state index >= 15 is 0 Å². The number of aryl methyl sites for hydroxylation is 1. The molecule has 0 aliphatic carbocycles. The second kappa shape index (κ2) is 8.84. The molecule has 0 radical (unpaired) electrons. The van der Waals surface area contributed by atoms with Crippen LogP contribution in [-0.2, 0) is 9.59 Å². The molecule has 0 aliphatic rings. The summed E-state index contributed by atoms with van der Waals surface area (Å²) in [6, 6.07) is 11.9. The van der Waals surface area contributed by atoms with Crippen LogP contribution in [0.4, 0.5) is 5.69 Å². The van der Waals surface area contributed by atoms with Crippen LogP contribution in [0.1, 0.15) is 24.0 Å². The van der Waals surface area contributed by atoms with Gasteiger partial charge in [-0.25, -0.2) is 5.43 Å². The zero-order valence-electron chi connectivity index (χ0n) is 13.6. The molecular weight excluding hydrogens is 342 g/mol. The van der Waals surface area contributed by atoms with Crippen LogP contribution in [0.5, 0.6) is 5.75 Å². The Morgan fingerprint density at radius 1 is 1.12 bits per heavy atom. The summed E-state index contributed by atoms with van der Waals surface area (Å²) in [6.45, 7) is 1.96. The maximum atomic E-state index is 11.8. The first kappa shape index (κ1) is 18.5. The zero-order chi connectivity index (χ0) is 18.2. The second-order valence-electron chi connectivity index (χ2n) is 5.41. The number of phenolic OH excluding ortho intramolecular Hbond substituents is 1. The quantitative estimate of drug-likeness (QED) is 0.546. The number of halogens is 1. The summed E-state index contributed by atoms with van der Waals surface area (Å²) < 4.78 is 0. The molecule has 0 saturated heterocycles. The molecular formula is C18H18ClN3O3. The third-order valence-electron chi connectivity index (χ3n) is 3.30. The van der Waals surface area contributed by atoms with Crippen molar-refractivity contribution in [3.05, 3.63) is 58.6 Å². The number of hydrazone groups is 1. The Kier molecular flexibility index (Phi) is 6.54. The molecule has 2 aromatic carbocycles. The van der Waals surface area contributed by atoms with Gasteiger partial charge in [-0.15, -0.1) is 0 Å². The van der Waals surface area contributed by atoms with Crippen molar-refractivity contribution in [1.29, 1.82) is 0 Å². The third-order valence-corrected chi connectivity index (χ3v) is 3.53. The number of carbonyl (C=O) groups excluding carboxylic acids is 2. The summed E-state index contributed by atoms with van der Waals surface area (Å²) in [5, 5.41) is 16.5. The fourth-order valence-electron chi connectivity index (χ4n) is 1.95. The Bertz CT molecular complexity index is 789. The van der Waals surface area contributed by atoms with Crippen LogP contribution in [0.15, 0.2) is 47.6 Å². The number of anilines is 1. The summed E-state index contributed by atoms with van der Waals surface area (Å²) in [5.41, 5.74) is 4.46. The molecule has 3 N–H and O–H groups in total. The van der Waals surface area contributed by atoms with Gasteiger partial charge in [0.15, 0.2) is 0 Å². The lowest BCUT2D eigenvalue weighted by molar-refractivity contribution is -0.124. The Hall–Kier alpha value is -2.86. The van der Waals surface area contributed by atoms with Crippen LogP contribution in [0, 0.1) is 6.92 Å². The minimum absolute atomic E-state index is 0.000116. The van der Waals surface area contributed by atoms with Crippen molar-refractivity contribution in [2.24, 2.45) is 5.10 Å². The molecule has 6 nitrogen and oxygen atoms in total. The second-order valence-corrected chi connectivity index (χ2v) is 5.85. The third kappa shape index (κ3) is 6.27. The van der Waals surface area contributed by atoms with Crippen molar-refractivity contribution in [2.45, 2.75) is 19.8 Å². The molecule has 25 heavy (non-hydrogen) atoms. The molecule has 0 spiro atoms. The number of carbonyl (C=O) groups is 2. The maximum Gasteiger partial charge on any atom is 0.240 e. The van der Waals surface area contributed by atoms with E-state index in [1.165, 1.54) is 18.3 Å². The van der Waals surface area contributed by atoms with Gasteiger partial charge < -0.3 is 10.4 Å². The molecule has 2 rings (SSSR count). The number of hydrogen-bond donors (Lipinski definition) is 3. The first-order valence-corrected chi connectivity index (χ1v) is 7.99. The molecule has 2 aromatic rings. The van der Waals surface area contributed by atoms with Gasteiger partial charge in [0.2, 0.25) is 11.8 Å². The number of amides is 2.